The van der Waals surface area contributed by atoms with Crippen LogP contribution in [-0.4, -0.2) is 28.5 Å². The Hall–Kier alpha value is -0.900. The number of hydrogen-bond donors (Lipinski definition) is 3. The van der Waals surface area contributed by atoms with E-state index >= 15 is 0 Å². The van der Waals surface area contributed by atoms with Gasteiger partial charge in [0.25, 0.3) is 0 Å². The minimum absolute atomic E-state index is 0.0228. The summed E-state index contributed by atoms with van der Waals surface area (Å²) in [6, 6.07) is 0.104. The largest absolute Gasteiger partial charge is 0.389 e. The summed E-state index contributed by atoms with van der Waals surface area (Å²) in [6.45, 7) is 4.57. The van der Waals surface area contributed by atoms with Crippen LogP contribution in [0.4, 0.5) is 0 Å². The van der Waals surface area contributed by atoms with Gasteiger partial charge in [-0.2, -0.15) is 0 Å². The van der Waals surface area contributed by atoms with Crippen molar-refractivity contribution in [3.63, 3.8) is 0 Å². The highest BCUT2D eigenvalue weighted by atomic mass is 16.3. The Morgan fingerprint density at radius 3 is 2.73 bits per heavy atom. The zero-order valence-electron chi connectivity index (χ0n) is 13.4. The molecule has 0 aromatic heterocycles. The van der Waals surface area contributed by atoms with E-state index in [0.717, 1.165) is 12.8 Å². The fourth-order valence-electron chi connectivity index (χ4n) is 5.72. The summed E-state index contributed by atoms with van der Waals surface area (Å²) in [5.74, 6) is 1.02. The van der Waals surface area contributed by atoms with Gasteiger partial charge >= 0.3 is 0 Å². The van der Waals surface area contributed by atoms with Gasteiger partial charge in [-0.15, -0.1) is 0 Å². The first-order valence-corrected chi connectivity index (χ1v) is 8.57. The van der Waals surface area contributed by atoms with Crippen LogP contribution in [0.1, 0.15) is 33.1 Å². The number of hydrogen-bond acceptors (Lipinski definition) is 3. The molecule has 4 aliphatic carbocycles. The van der Waals surface area contributed by atoms with Crippen LogP contribution >= 0.6 is 0 Å². The predicted molar refractivity (Wildman–Crippen MR) is 86.9 cm³/mol. The van der Waals surface area contributed by atoms with E-state index in [2.05, 4.69) is 32.1 Å². The van der Waals surface area contributed by atoms with Crippen molar-refractivity contribution >= 4 is 0 Å². The van der Waals surface area contributed by atoms with Crippen molar-refractivity contribution in [3.8, 4) is 0 Å². The van der Waals surface area contributed by atoms with Crippen molar-refractivity contribution in [1.82, 2.24) is 0 Å². The van der Waals surface area contributed by atoms with Gasteiger partial charge in [-0.1, -0.05) is 49.8 Å². The Balaban J connectivity index is 1.78. The Kier molecular flexibility index (Phi) is 3.04. The lowest BCUT2D eigenvalue weighted by Crippen LogP contribution is -2.55. The minimum atomic E-state index is -0.425. The van der Waals surface area contributed by atoms with Gasteiger partial charge in [0, 0.05) is 11.5 Å². The third-order valence-corrected chi connectivity index (χ3v) is 7.24. The SMILES string of the molecule is C[C@]12C=CC(O)CC1=CC(O)[C@@H]1[C@H]2CC[C@]2(C)C(N)C=C[C@@H]12. The second kappa shape index (κ2) is 4.56. The molecule has 1 saturated carbocycles. The van der Waals surface area contributed by atoms with Crippen molar-refractivity contribution in [1.29, 1.82) is 0 Å². The van der Waals surface area contributed by atoms with E-state index in [1.165, 1.54) is 5.57 Å². The van der Waals surface area contributed by atoms with Crippen LogP contribution in [0.3, 0.4) is 0 Å². The van der Waals surface area contributed by atoms with Crippen LogP contribution in [0, 0.1) is 28.6 Å². The summed E-state index contributed by atoms with van der Waals surface area (Å²) < 4.78 is 0. The quantitative estimate of drug-likeness (QED) is 0.601. The lowest BCUT2D eigenvalue weighted by atomic mass is 9.48. The fraction of sp³-hybridized carbons (Fsp3) is 0.684. The molecule has 1 fully saturated rings. The van der Waals surface area contributed by atoms with Crippen LogP contribution in [0.2, 0.25) is 0 Å². The molecule has 120 valence electrons. The topological polar surface area (TPSA) is 66.5 Å². The van der Waals surface area contributed by atoms with Crippen LogP contribution in [0.15, 0.2) is 36.0 Å². The zero-order valence-corrected chi connectivity index (χ0v) is 13.4. The first-order chi connectivity index (χ1) is 10.4. The van der Waals surface area contributed by atoms with Gasteiger partial charge in [-0.05, 0) is 42.4 Å². The number of fused-ring (bicyclic) bond motifs is 5. The Bertz CT molecular complexity index is 580. The first kappa shape index (κ1) is 14.7. The predicted octanol–water partition coefficient (Wildman–Crippen LogP) is 2.16. The monoisotopic (exact) mass is 301 g/mol. The highest BCUT2D eigenvalue weighted by molar-refractivity contribution is 5.36. The van der Waals surface area contributed by atoms with Crippen LogP contribution in [-0.2, 0) is 0 Å². The van der Waals surface area contributed by atoms with Crippen molar-refractivity contribution < 1.29 is 10.2 Å². The third-order valence-electron chi connectivity index (χ3n) is 7.24. The smallest absolute Gasteiger partial charge is 0.0760 e. The normalized spacial score (nSPS) is 56.1. The maximum absolute atomic E-state index is 10.8. The maximum Gasteiger partial charge on any atom is 0.0760 e. The molecule has 0 heterocycles. The first-order valence-electron chi connectivity index (χ1n) is 8.57. The number of rotatable bonds is 0. The average Bonchev–Trinajstić information content (AvgIpc) is 2.77. The molecule has 0 saturated heterocycles. The molecule has 0 bridgehead atoms. The van der Waals surface area contributed by atoms with Crippen molar-refractivity contribution in [2.75, 3.05) is 0 Å². The average molecular weight is 301 g/mol. The standard InChI is InChI=1S/C19H27NO2/c1-18-7-5-12(21)9-11(18)10-15(22)17-13-3-4-16(20)19(13,2)8-6-14(17)18/h3-5,7,10,12-17,21-22H,6,8-9,20H2,1-2H3/t12?,13-,14+,15?,16?,17-,18-,19-/m0/s1. The molecule has 4 aliphatic rings. The molecule has 8 atom stereocenters. The van der Waals surface area contributed by atoms with Gasteiger partial charge in [0.05, 0.1) is 12.2 Å². The van der Waals surface area contributed by atoms with Gasteiger partial charge in [0.1, 0.15) is 0 Å². The van der Waals surface area contributed by atoms with Crippen molar-refractivity contribution in [2.45, 2.75) is 51.4 Å². The summed E-state index contributed by atoms with van der Waals surface area (Å²) in [5.41, 5.74) is 7.62. The zero-order chi connectivity index (χ0) is 15.7. The molecule has 4 rings (SSSR count). The van der Waals surface area contributed by atoms with Crippen LogP contribution < -0.4 is 5.73 Å². The molecular formula is C19H27NO2. The van der Waals surface area contributed by atoms with E-state index in [-0.39, 0.29) is 22.8 Å². The van der Waals surface area contributed by atoms with E-state index in [1.807, 2.05) is 12.2 Å². The molecule has 0 amide bonds. The number of nitrogens with two attached hydrogens (primary N) is 1. The molecule has 0 aromatic carbocycles. The summed E-state index contributed by atoms with van der Waals surface area (Å²) in [4.78, 5) is 0. The van der Waals surface area contributed by atoms with Gasteiger partial charge in [0.15, 0.2) is 0 Å². The van der Waals surface area contributed by atoms with E-state index in [0.29, 0.717) is 18.3 Å². The van der Waals surface area contributed by atoms with Crippen LogP contribution in [0.25, 0.3) is 0 Å². The third kappa shape index (κ3) is 1.73. The summed E-state index contributed by atoms with van der Waals surface area (Å²) >= 11 is 0. The molecule has 3 heteroatoms. The summed E-state index contributed by atoms with van der Waals surface area (Å²) in [7, 11) is 0. The minimum Gasteiger partial charge on any atom is -0.389 e. The number of aliphatic hydroxyl groups is 2. The lowest BCUT2D eigenvalue weighted by Gasteiger charge is -2.57. The second-order valence-electron chi connectivity index (χ2n) is 8.26. The Morgan fingerprint density at radius 2 is 1.95 bits per heavy atom. The number of aliphatic hydroxyl groups excluding tert-OH is 2. The van der Waals surface area contributed by atoms with Crippen molar-refractivity contribution in [3.05, 3.63) is 36.0 Å². The highest BCUT2D eigenvalue weighted by Crippen LogP contribution is 2.62. The van der Waals surface area contributed by atoms with Gasteiger partial charge in [-0.3, -0.25) is 0 Å². The molecule has 0 spiro atoms. The molecule has 0 aromatic rings. The van der Waals surface area contributed by atoms with Gasteiger partial charge in [0.2, 0.25) is 0 Å². The van der Waals surface area contributed by atoms with E-state index in [4.69, 9.17) is 5.73 Å². The molecule has 0 radical (unpaired) electrons. The Labute approximate surface area is 132 Å². The molecule has 3 unspecified atom stereocenters. The lowest BCUT2D eigenvalue weighted by molar-refractivity contribution is -0.0544. The molecule has 4 N–H and O–H groups in total. The van der Waals surface area contributed by atoms with Gasteiger partial charge in [-0.25, -0.2) is 0 Å². The highest BCUT2D eigenvalue weighted by Gasteiger charge is 2.58. The summed E-state index contributed by atoms with van der Waals surface area (Å²) in [5, 5.41) is 20.8. The van der Waals surface area contributed by atoms with E-state index < -0.39 is 12.2 Å². The molecule has 22 heavy (non-hydrogen) atoms. The van der Waals surface area contributed by atoms with Gasteiger partial charge < -0.3 is 15.9 Å². The Morgan fingerprint density at radius 1 is 1.18 bits per heavy atom. The van der Waals surface area contributed by atoms with Crippen molar-refractivity contribution in [2.24, 2.45) is 34.3 Å². The molecular weight excluding hydrogens is 274 g/mol. The molecule has 0 aliphatic heterocycles. The summed E-state index contributed by atoms with van der Waals surface area (Å²) in [6.07, 6.45) is 12.6. The molecule has 3 nitrogen and oxygen atoms in total. The van der Waals surface area contributed by atoms with Crippen LogP contribution in [0.5, 0.6) is 0 Å². The number of allylic oxidation sites excluding steroid dienone is 2. The fourth-order valence-corrected chi connectivity index (χ4v) is 5.72. The maximum atomic E-state index is 10.8. The van der Waals surface area contributed by atoms with E-state index in [9.17, 15) is 10.2 Å². The second-order valence-corrected chi connectivity index (χ2v) is 8.26. The van der Waals surface area contributed by atoms with E-state index in [1.54, 1.807) is 0 Å².